The fraction of sp³-hybridized carbons (Fsp3) is 0.318. The van der Waals surface area contributed by atoms with Crippen LogP contribution in [0.1, 0.15) is 13.0 Å². The molecule has 35 heavy (non-hydrogen) atoms. The number of nitrogens with zero attached hydrogens (tertiary/aromatic N) is 3. The molecule has 0 bridgehead atoms. The highest BCUT2D eigenvalue weighted by Crippen LogP contribution is 2.38. The molecule has 0 aliphatic carbocycles. The van der Waals surface area contributed by atoms with Crippen molar-refractivity contribution in [1.29, 1.82) is 0 Å². The highest BCUT2D eigenvalue weighted by molar-refractivity contribution is 7.99. The molecule has 1 aliphatic heterocycles. The summed E-state index contributed by atoms with van der Waals surface area (Å²) in [6.45, 7) is 0.826. The molecule has 0 radical (unpaired) electrons. The van der Waals surface area contributed by atoms with Crippen molar-refractivity contribution in [3.05, 3.63) is 60.0 Å². The van der Waals surface area contributed by atoms with Crippen LogP contribution < -0.4 is 5.32 Å². The van der Waals surface area contributed by atoms with Gasteiger partial charge in [0.2, 0.25) is 5.91 Å². The normalized spacial score (nSPS) is 24.4. The van der Waals surface area contributed by atoms with Gasteiger partial charge in [-0.3, -0.25) is 4.79 Å². The fourth-order valence-electron chi connectivity index (χ4n) is 3.69. The number of carbonyl (C=O) groups excluding carboxylic acids is 1. The number of benzene rings is 2. The fourth-order valence-corrected chi connectivity index (χ4v) is 4.75. The minimum Gasteiger partial charge on any atom is -0.394 e. The van der Waals surface area contributed by atoms with Crippen molar-refractivity contribution in [2.45, 2.75) is 41.6 Å². The van der Waals surface area contributed by atoms with E-state index >= 15 is 0 Å². The first-order valence-corrected chi connectivity index (χ1v) is 11.3. The van der Waals surface area contributed by atoms with Crippen LogP contribution in [-0.2, 0) is 9.53 Å². The number of halogens is 3. The zero-order valence-electron chi connectivity index (χ0n) is 18.2. The second kappa shape index (κ2) is 10.3. The van der Waals surface area contributed by atoms with Crippen molar-refractivity contribution in [3.8, 4) is 11.3 Å². The van der Waals surface area contributed by atoms with Gasteiger partial charge in [0, 0.05) is 23.1 Å². The third-order valence-electron chi connectivity index (χ3n) is 5.37. The summed E-state index contributed by atoms with van der Waals surface area (Å²) in [4.78, 5) is 11.9. The number of amides is 1. The molecule has 1 fully saturated rings. The van der Waals surface area contributed by atoms with Crippen LogP contribution in [0.15, 0.2) is 47.5 Å². The molecule has 13 heteroatoms. The molecule has 2 aromatic carbocycles. The van der Waals surface area contributed by atoms with Crippen LogP contribution in [0.5, 0.6) is 0 Å². The van der Waals surface area contributed by atoms with Crippen molar-refractivity contribution in [2.75, 3.05) is 11.9 Å². The molecule has 3 aromatic rings. The lowest BCUT2D eigenvalue weighted by atomic mass is 9.97. The van der Waals surface area contributed by atoms with Gasteiger partial charge in [0.25, 0.3) is 0 Å². The molecule has 2 unspecified atom stereocenters. The maximum atomic E-state index is 13.6. The molecule has 9 nitrogen and oxygen atoms in total. The third-order valence-corrected chi connectivity index (χ3v) is 6.54. The number of hydrogen-bond acceptors (Lipinski definition) is 8. The number of aromatic nitrogens is 3. The van der Waals surface area contributed by atoms with Gasteiger partial charge >= 0.3 is 0 Å². The zero-order chi connectivity index (χ0) is 25.3. The average molecular weight is 510 g/mol. The summed E-state index contributed by atoms with van der Waals surface area (Å²) in [5.41, 5.74) is -0.475. The van der Waals surface area contributed by atoms with Crippen LogP contribution in [0.2, 0.25) is 0 Å². The molecular weight excluding hydrogens is 489 g/mol. The van der Waals surface area contributed by atoms with E-state index in [0.29, 0.717) is 10.6 Å². The van der Waals surface area contributed by atoms with Crippen molar-refractivity contribution in [3.63, 3.8) is 0 Å². The van der Waals surface area contributed by atoms with E-state index in [1.165, 1.54) is 13.1 Å². The van der Waals surface area contributed by atoms with Gasteiger partial charge in [-0.15, -0.1) is 5.10 Å². The van der Waals surface area contributed by atoms with Gasteiger partial charge in [-0.1, -0.05) is 17.0 Å². The third kappa shape index (κ3) is 5.33. The standard InChI is InChI=1S/C22H21F3N4O5S/c1-10(31)26-12-2-4-13(5-3-12)35-22-21(33)19(20(32)17(9-30)34-22)29-8-16(27-28-29)11-6-14(23)18(25)15(24)7-11/h2-8,17,19-22,30,32-33H,9H2,1H3,(H,26,31)/t17?,19?,20-,21-,22+/m0/s1. The van der Waals surface area contributed by atoms with Gasteiger partial charge in [0.15, 0.2) is 17.5 Å². The minimum absolute atomic E-state index is 0.0213. The van der Waals surface area contributed by atoms with E-state index < -0.39 is 53.8 Å². The highest BCUT2D eigenvalue weighted by atomic mass is 32.2. The molecular formula is C22H21F3N4O5S. The van der Waals surface area contributed by atoms with Crippen LogP contribution in [0.25, 0.3) is 11.3 Å². The molecule has 4 rings (SSSR count). The second-order valence-corrected chi connectivity index (χ2v) is 9.03. The number of carbonyl (C=O) groups is 1. The number of ether oxygens (including phenoxy) is 1. The van der Waals surface area contributed by atoms with E-state index in [1.807, 2.05) is 0 Å². The van der Waals surface area contributed by atoms with E-state index in [2.05, 4.69) is 15.6 Å². The lowest BCUT2D eigenvalue weighted by Gasteiger charge is -2.41. The van der Waals surface area contributed by atoms with Crippen molar-refractivity contribution < 1.29 is 38.0 Å². The van der Waals surface area contributed by atoms with E-state index in [1.54, 1.807) is 24.3 Å². The Morgan fingerprint density at radius 2 is 1.80 bits per heavy atom. The number of hydrogen-bond donors (Lipinski definition) is 4. The van der Waals surface area contributed by atoms with Crippen molar-refractivity contribution >= 4 is 23.4 Å². The van der Waals surface area contributed by atoms with Crippen LogP contribution in [0.3, 0.4) is 0 Å². The van der Waals surface area contributed by atoms with E-state index in [4.69, 9.17) is 4.74 Å². The second-order valence-electron chi connectivity index (χ2n) is 7.86. The number of rotatable bonds is 6. The lowest BCUT2D eigenvalue weighted by molar-refractivity contribution is -0.178. The summed E-state index contributed by atoms with van der Waals surface area (Å²) in [5, 5.41) is 41.8. The Kier molecular flexibility index (Phi) is 7.42. The molecule has 1 amide bonds. The Hall–Kier alpha value is -2.97. The molecule has 1 aliphatic rings. The molecule has 0 saturated carbocycles. The van der Waals surface area contributed by atoms with Crippen LogP contribution in [-0.4, -0.2) is 66.6 Å². The molecule has 2 heterocycles. The maximum absolute atomic E-state index is 13.6. The van der Waals surface area contributed by atoms with E-state index in [0.717, 1.165) is 28.6 Å². The first-order valence-electron chi connectivity index (χ1n) is 10.4. The summed E-state index contributed by atoms with van der Waals surface area (Å²) in [5.74, 6) is -4.64. The van der Waals surface area contributed by atoms with Crippen LogP contribution >= 0.6 is 11.8 Å². The Morgan fingerprint density at radius 3 is 2.40 bits per heavy atom. The highest BCUT2D eigenvalue weighted by Gasteiger charge is 2.46. The Labute approximate surface area is 201 Å². The summed E-state index contributed by atoms with van der Waals surface area (Å²) >= 11 is 1.12. The topological polar surface area (TPSA) is 130 Å². The first kappa shape index (κ1) is 25.1. The predicted molar refractivity (Wildman–Crippen MR) is 119 cm³/mol. The van der Waals surface area contributed by atoms with Gasteiger partial charge in [-0.05, 0) is 36.4 Å². The average Bonchev–Trinajstić information content (AvgIpc) is 3.29. The summed E-state index contributed by atoms with van der Waals surface area (Å²) < 4.78 is 47.4. The molecule has 5 atom stereocenters. The quantitative estimate of drug-likeness (QED) is 0.371. The number of aliphatic hydroxyl groups excluding tert-OH is 3. The smallest absolute Gasteiger partial charge is 0.221 e. The maximum Gasteiger partial charge on any atom is 0.221 e. The Bertz CT molecular complexity index is 1190. The Balaban J connectivity index is 1.58. The lowest BCUT2D eigenvalue weighted by Crippen LogP contribution is -2.55. The number of nitrogens with one attached hydrogen (secondary N) is 1. The van der Waals surface area contributed by atoms with E-state index in [9.17, 15) is 33.3 Å². The largest absolute Gasteiger partial charge is 0.394 e. The molecule has 1 aromatic heterocycles. The van der Waals surface area contributed by atoms with Crippen LogP contribution in [0.4, 0.5) is 18.9 Å². The SMILES string of the molecule is CC(=O)Nc1ccc(S[C@H]2OC(CO)[C@H](O)C(n3cc(-c4cc(F)c(F)c(F)c4)nn3)[C@@H]2O)cc1. The van der Waals surface area contributed by atoms with Crippen molar-refractivity contribution in [2.24, 2.45) is 0 Å². The van der Waals surface area contributed by atoms with Gasteiger partial charge in [0.1, 0.15) is 35.5 Å². The van der Waals surface area contributed by atoms with Gasteiger partial charge in [0.05, 0.1) is 12.8 Å². The number of aliphatic hydroxyl groups is 3. The first-order chi connectivity index (χ1) is 16.7. The Morgan fingerprint density at radius 1 is 1.14 bits per heavy atom. The number of anilines is 1. The van der Waals surface area contributed by atoms with Gasteiger partial charge < -0.3 is 25.4 Å². The summed E-state index contributed by atoms with van der Waals surface area (Å²) in [6.07, 6.45) is -2.57. The van der Waals surface area contributed by atoms with E-state index in [-0.39, 0.29) is 17.2 Å². The molecule has 186 valence electrons. The predicted octanol–water partition coefficient (Wildman–Crippen LogP) is 2.09. The van der Waals surface area contributed by atoms with Crippen LogP contribution in [0, 0.1) is 17.5 Å². The summed E-state index contributed by atoms with van der Waals surface area (Å²) in [7, 11) is 0. The summed E-state index contributed by atoms with van der Waals surface area (Å²) in [6, 6.07) is 7.11. The van der Waals surface area contributed by atoms with Gasteiger partial charge in [-0.25, -0.2) is 17.9 Å². The minimum atomic E-state index is -1.62. The number of thioether (sulfide) groups is 1. The monoisotopic (exact) mass is 510 g/mol. The van der Waals surface area contributed by atoms with Crippen molar-refractivity contribution in [1.82, 2.24) is 15.0 Å². The molecule has 0 spiro atoms. The van der Waals surface area contributed by atoms with Gasteiger partial charge in [-0.2, -0.15) is 0 Å². The zero-order valence-corrected chi connectivity index (χ0v) is 19.0. The molecule has 1 saturated heterocycles. The molecule has 4 N–H and O–H groups in total.